The van der Waals surface area contributed by atoms with Gasteiger partial charge >= 0.3 is 5.97 Å². The Bertz CT molecular complexity index is 516. The van der Waals surface area contributed by atoms with Crippen molar-refractivity contribution in [1.82, 2.24) is 0 Å². The molecule has 0 bridgehead atoms. The van der Waals surface area contributed by atoms with Crippen molar-refractivity contribution >= 4 is 33.1 Å². The maximum Gasteiger partial charge on any atom is 0.337 e. The van der Waals surface area contributed by atoms with Gasteiger partial charge in [0.2, 0.25) is 0 Å². The first-order chi connectivity index (χ1) is 6.59. The van der Waals surface area contributed by atoms with E-state index in [1.165, 1.54) is 11.3 Å². The molecule has 1 aromatic carbocycles. The highest BCUT2D eigenvalue weighted by Gasteiger charge is 2.10. The van der Waals surface area contributed by atoms with Crippen LogP contribution in [0.2, 0.25) is 0 Å². The fourth-order valence-corrected chi connectivity index (χ4v) is 2.37. The minimum absolute atomic E-state index is 0.180. The number of carboxylic acid groups (broad SMARTS) is 1. The molecule has 1 aromatic heterocycles. The number of nitrogens with two attached hydrogens (primary N) is 1. The van der Waals surface area contributed by atoms with E-state index in [4.69, 9.17) is 10.8 Å². The smallest absolute Gasteiger partial charge is 0.337 e. The van der Waals surface area contributed by atoms with Gasteiger partial charge in [-0.1, -0.05) is 0 Å². The number of aromatic carboxylic acids is 1. The van der Waals surface area contributed by atoms with Crippen LogP contribution in [0.5, 0.6) is 0 Å². The molecule has 4 heteroatoms. The summed E-state index contributed by atoms with van der Waals surface area (Å²) >= 11 is 1.54. The van der Waals surface area contributed by atoms with E-state index in [0.717, 1.165) is 15.6 Å². The lowest BCUT2D eigenvalue weighted by Gasteiger charge is -2.00. The fraction of sp³-hybridized carbons (Fsp3) is 0.100. The topological polar surface area (TPSA) is 63.3 Å². The second-order valence-electron chi connectivity index (χ2n) is 3.16. The van der Waals surface area contributed by atoms with Crippen molar-refractivity contribution < 1.29 is 9.90 Å². The maximum atomic E-state index is 10.8. The van der Waals surface area contributed by atoms with Crippen molar-refractivity contribution in [3.05, 3.63) is 28.6 Å². The van der Waals surface area contributed by atoms with Gasteiger partial charge in [-0.05, 0) is 35.4 Å². The molecule has 0 aliphatic rings. The molecule has 0 spiro atoms. The molecule has 0 atom stereocenters. The molecule has 3 nitrogen and oxygen atoms in total. The molecule has 0 amide bonds. The van der Waals surface area contributed by atoms with Crippen LogP contribution in [0, 0.1) is 6.92 Å². The second-order valence-corrected chi connectivity index (χ2v) is 4.07. The molecule has 2 aromatic rings. The summed E-state index contributed by atoms with van der Waals surface area (Å²) in [7, 11) is 0. The summed E-state index contributed by atoms with van der Waals surface area (Å²) in [5.41, 5.74) is 7.28. The highest BCUT2D eigenvalue weighted by molar-refractivity contribution is 7.17. The van der Waals surface area contributed by atoms with Crippen molar-refractivity contribution in [3.63, 3.8) is 0 Å². The van der Waals surface area contributed by atoms with Gasteiger partial charge in [-0.3, -0.25) is 0 Å². The normalized spacial score (nSPS) is 10.6. The number of carbonyl (C=O) groups is 1. The number of fused-ring (bicyclic) bond motifs is 1. The van der Waals surface area contributed by atoms with Crippen LogP contribution in [-0.2, 0) is 0 Å². The van der Waals surface area contributed by atoms with Crippen LogP contribution in [0.3, 0.4) is 0 Å². The highest BCUT2D eigenvalue weighted by Crippen LogP contribution is 2.29. The third-order valence-electron chi connectivity index (χ3n) is 2.17. The highest BCUT2D eigenvalue weighted by atomic mass is 32.1. The lowest BCUT2D eigenvalue weighted by molar-refractivity contribution is 0.0698. The first-order valence-electron chi connectivity index (χ1n) is 4.10. The average Bonchev–Trinajstić information content (AvgIpc) is 2.46. The summed E-state index contributed by atoms with van der Waals surface area (Å²) in [6.45, 7) is 1.98. The van der Waals surface area contributed by atoms with Gasteiger partial charge in [-0.2, -0.15) is 0 Å². The second kappa shape index (κ2) is 2.99. The lowest BCUT2D eigenvalue weighted by Crippen LogP contribution is -2.01. The average molecular weight is 207 g/mol. The first-order valence-corrected chi connectivity index (χ1v) is 4.98. The van der Waals surface area contributed by atoms with Gasteiger partial charge in [-0.25, -0.2) is 4.79 Å². The lowest BCUT2D eigenvalue weighted by atomic mass is 10.1. The van der Waals surface area contributed by atoms with Gasteiger partial charge in [0.25, 0.3) is 0 Å². The zero-order chi connectivity index (χ0) is 10.3. The Morgan fingerprint density at radius 2 is 2.21 bits per heavy atom. The Morgan fingerprint density at radius 1 is 1.50 bits per heavy atom. The van der Waals surface area contributed by atoms with Crippen LogP contribution in [0.25, 0.3) is 10.1 Å². The minimum atomic E-state index is -0.976. The van der Waals surface area contributed by atoms with E-state index in [1.807, 2.05) is 12.3 Å². The molecule has 0 aliphatic carbocycles. The van der Waals surface area contributed by atoms with Crippen LogP contribution in [-0.4, -0.2) is 11.1 Å². The zero-order valence-corrected chi connectivity index (χ0v) is 8.39. The number of hydrogen-bond donors (Lipinski definition) is 2. The molecule has 0 fully saturated rings. The monoisotopic (exact) mass is 207 g/mol. The number of thiophene rings is 1. The van der Waals surface area contributed by atoms with Gasteiger partial charge in [0.05, 0.1) is 5.56 Å². The van der Waals surface area contributed by atoms with E-state index in [2.05, 4.69) is 0 Å². The molecule has 0 saturated carbocycles. The van der Waals surface area contributed by atoms with Gasteiger partial charge in [0, 0.05) is 10.4 Å². The maximum absolute atomic E-state index is 10.8. The summed E-state index contributed by atoms with van der Waals surface area (Å²) in [5.74, 6) is -0.976. The number of benzene rings is 1. The van der Waals surface area contributed by atoms with Gasteiger partial charge < -0.3 is 10.8 Å². The van der Waals surface area contributed by atoms with Gasteiger partial charge in [0.15, 0.2) is 0 Å². The number of anilines is 1. The van der Waals surface area contributed by atoms with Crippen molar-refractivity contribution in [2.24, 2.45) is 0 Å². The molecule has 0 aliphatic heterocycles. The molecule has 0 saturated heterocycles. The molecule has 0 unspecified atom stereocenters. The van der Waals surface area contributed by atoms with E-state index in [1.54, 1.807) is 12.1 Å². The third kappa shape index (κ3) is 1.24. The number of rotatable bonds is 1. The summed E-state index contributed by atoms with van der Waals surface area (Å²) in [6, 6.07) is 3.36. The fourth-order valence-electron chi connectivity index (χ4n) is 1.40. The zero-order valence-electron chi connectivity index (χ0n) is 7.57. The molecular formula is C10H9NO2S. The van der Waals surface area contributed by atoms with Gasteiger partial charge in [-0.15, -0.1) is 11.3 Å². The van der Waals surface area contributed by atoms with Crippen molar-refractivity contribution in [2.45, 2.75) is 6.92 Å². The van der Waals surface area contributed by atoms with E-state index in [0.29, 0.717) is 5.69 Å². The first kappa shape index (κ1) is 9.02. The largest absolute Gasteiger partial charge is 0.478 e. The van der Waals surface area contributed by atoms with Crippen LogP contribution in [0.15, 0.2) is 17.5 Å². The standard InChI is InChI=1S/C10H9NO2S/c1-5-4-14-9-3-7(10(12)13)8(11)2-6(5)9/h2-4H,11H2,1H3,(H,12,13). The van der Waals surface area contributed by atoms with Crippen molar-refractivity contribution in [2.75, 3.05) is 5.73 Å². The SMILES string of the molecule is Cc1csc2cc(C(=O)O)c(N)cc12. The van der Waals surface area contributed by atoms with Crippen molar-refractivity contribution in [3.8, 4) is 0 Å². The van der Waals surface area contributed by atoms with Gasteiger partial charge in [0.1, 0.15) is 0 Å². The van der Waals surface area contributed by atoms with Crippen LogP contribution in [0.4, 0.5) is 5.69 Å². The van der Waals surface area contributed by atoms with Crippen LogP contribution >= 0.6 is 11.3 Å². The number of carboxylic acids is 1. The van der Waals surface area contributed by atoms with E-state index in [9.17, 15) is 4.79 Å². The Balaban J connectivity index is 2.79. The molecule has 3 N–H and O–H groups in total. The predicted molar refractivity (Wildman–Crippen MR) is 57.9 cm³/mol. The quantitative estimate of drug-likeness (QED) is 0.706. The van der Waals surface area contributed by atoms with E-state index < -0.39 is 5.97 Å². The predicted octanol–water partition coefficient (Wildman–Crippen LogP) is 2.49. The molecule has 72 valence electrons. The molecule has 14 heavy (non-hydrogen) atoms. The minimum Gasteiger partial charge on any atom is -0.478 e. The summed E-state index contributed by atoms with van der Waals surface area (Å²) in [4.78, 5) is 10.8. The summed E-state index contributed by atoms with van der Waals surface area (Å²) in [5, 5.41) is 11.9. The Kier molecular flexibility index (Phi) is 1.93. The number of hydrogen-bond acceptors (Lipinski definition) is 3. The van der Waals surface area contributed by atoms with E-state index >= 15 is 0 Å². The summed E-state index contributed by atoms with van der Waals surface area (Å²) < 4.78 is 0.967. The molecule has 1 heterocycles. The molecule has 2 rings (SSSR count). The Labute approximate surface area is 84.8 Å². The third-order valence-corrected chi connectivity index (χ3v) is 3.23. The number of nitrogen functional groups attached to an aromatic ring is 1. The molecule has 0 radical (unpaired) electrons. The summed E-state index contributed by atoms with van der Waals surface area (Å²) in [6.07, 6.45) is 0. The van der Waals surface area contributed by atoms with Crippen molar-refractivity contribution in [1.29, 1.82) is 0 Å². The Morgan fingerprint density at radius 3 is 2.86 bits per heavy atom. The van der Waals surface area contributed by atoms with Crippen LogP contribution in [0.1, 0.15) is 15.9 Å². The molecular weight excluding hydrogens is 198 g/mol. The van der Waals surface area contributed by atoms with Crippen LogP contribution < -0.4 is 5.73 Å². The number of aryl methyl sites for hydroxylation is 1. The van der Waals surface area contributed by atoms with E-state index in [-0.39, 0.29) is 5.56 Å². The Hall–Kier alpha value is -1.55.